The quantitative estimate of drug-likeness (QED) is 0.868. The van der Waals surface area contributed by atoms with Gasteiger partial charge in [0.05, 0.1) is 11.4 Å². The normalized spacial score (nSPS) is 23.0. The first-order valence-corrected chi connectivity index (χ1v) is 7.97. The molecule has 1 fully saturated rings. The molecule has 1 saturated carbocycles. The van der Waals surface area contributed by atoms with Crippen molar-refractivity contribution in [3.05, 3.63) is 42.1 Å². The molecule has 1 aliphatic rings. The van der Waals surface area contributed by atoms with E-state index in [0.29, 0.717) is 6.54 Å². The van der Waals surface area contributed by atoms with Crippen LogP contribution in [0.3, 0.4) is 0 Å². The molecule has 4 nitrogen and oxygen atoms in total. The van der Waals surface area contributed by atoms with Crippen LogP contribution < -0.4 is 11.1 Å². The zero-order valence-electron chi connectivity index (χ0n) is 13.8. The molecule has 2 unspecified atom stereocenters. The van der Waals surface area contributed by atoms with E-state index in [2.05, 4.69) is 10.3 Å². The molecule has 0 saturated heterocycles. The minimum Gasteiger partial charge on any atom is -0.352 e. The Labute approximate surface area is 155 Å². The number of nitrogens with two attached hydrogens (primary N) is 1. The molecule has 1 aromatic heterocycles. The Bertz CT molecular complexity index is 686. The monoisotopic (exact) mass is 369 g/mol. The van der Waals surface area contributed by atoms with E-state index in [1.165, 1.54) is 0 Å². The molecule has 132 valence electrons. The summed E-state index contributed by atoms with van der Waals surface area (Å²) < 4.78 is 0. The predicted molar refractivity (Wildman–Crippen MR) is 103 cm³/mol. The van der Waals surface area contributed by atoms with Gasteiger partial charge in [0.25, 0.3) is 0 Å². The van der Waals surface area contributed by atoms with Gasteiger partial charge in [-0.3, -0.25) is 9.78 Å². The number of amides is 1. The van der Waals surface area contributed by atoms with Crippen molar-refractivity contribution >= 4 is 41.6 Å². The molecular formula is C18H25Cl2N3O. The summed E-state index contributed by atoms with van der Waals surface area (Å²) in [5, 5.41) is 4.15. The number of pyridine rings is 1. The van der Waals surface area contributed by atoms with Crippen LogP contribution in [-0.4, -0.2) is 16.4 Å². The summed E-state index contributed by atoms with van der Waals surface area (Å²) in [6.45, 7) is 2.50. The molecule has 0 aliphatic heterocycles. The summed E-state index contributed by atoms with van der Waals surface area (Å²) in [6.07, 6.45) is 5.78. The van der Waals surface area contributed by atoms with Gasteiger partial charge >= 0.3 is 0 Å². The van der Waals surface area contributed by atoms with Gasteiger partial charge in [0.1, 0.15) is 0 Å². The zero-order chi connectivity index (χ0) is 15.6. The fraction of sp³-hybridized carbons (Fsp3) is 0.444. The average Bonchev–Trinajstić information content (AvgIpc) is 2.52. The minimum atomic E-state index is -0.390. The summed E-state index contributed by atoms with van der Waals surface area (Å²) in [6, 6.07) is 10.0. The van der Waals surface area contributed by atoms with Gasteiger partial charge in [0.2, 0.25) is 5.91 Å². The van der Waals surface area contributed by atoms with E-state index < -0.39 is 0 Å². The Balaban J connectivity index is 0.00000144. The van der Waals surface area contributed by atoms with E-state index in [1.807, 2.05) is 37.3 Å². The van der Waals surface area contributed by atoms with Crippen LogP contribution in [0, 0.1) is 5.92 Å². The Morgan fingerprint density at radius 1 is 1.29 bits per heavy atom. The molecule has 3 N–H and O–H groups in total. The number of nitrogens with zero attached hydrogens (tertiary/aromatic N) is 1. The highest BCUT2D eigenvalue weighted by Crippen LogP contribution is 2.31. The van der Waals surface area contributed by atoms with Crippen LogP contribution in [0.25, 0.3) is 10.9 Å². The molecule has 2 aromatic rings. The standard InChI is InChI=1S/C18H23N3O.2ClH/c1-18(19)10-3-2-9-15(18)17(22)21-12-14-7-4-6-13-8-5-11-20-16(13)14;;/h4-8,11,15H,2-3,9-10,12,19H2,1H3,(H,21,22);2*1H. The molecule has 24 heavy (non-hydrogen) atoms. The number of carbonyl (C=O) groups is 1. The first-order chi connectivity index (χ1) is 10.6. The van der Waals surface area contributed by atoms with Crippen molar-refractivity contribution in [2.75, 3.05) is 0 Å². The number of hydrogen-bond acceptors (Lipinski definition) is 3. The lowest BCUT2D eigenvalue weighted by Gasteiger charge is -2.37. The topological polar surface area (TPSA) is 68.0 Å². The number of hydrogen-bond donors (Lipinski definition) is 2. The predicted octanol–water partition coefficient (Wildman–Crippen LogP) is 3.60. The van der Waals surface area contributed by atoms with E-state index >= 15 is 0 Å². The van der Waals surface area contributed by atoms with Gasteiger partial charge in [-0.25, -0.2) is 0 Å². The average molecular weight is 370 g/mol. The Hall–Kier alpha value is -1.36. The fourth-order valence-corrected chi connectivity index (χ4v) is 3.40. The molecule has 0 radical (unpaired) electrons. The van der Waals surface area contributed by atoms with Crippen molar-refractivity contribution < 1.29 is 4.79 Å². The highest BCUT2D eigenvalue weighted by Gasteiger charge is 2.37. The van der Waals surface area contributed by atoms with Crippen molar-refractivity contribution in [1.82, 2.24) is 10.3 Å². The van der Waals surface area contributed by atoms with Crippen molar-refractivity contribution in [2.24, 2.45) is 11.7 Å². The van der Waals surface area contributed by atoms with Gasteiger partial charge in [0, 0.05) is 23.7 Å². The number of carbonyl (C=O) groups excluding carboxylic acids is 1. The summed E-state index contributed by atoms with van der Waals surface area (Å²) in [7, 11) is 0. The van der Waals surface area contributed by atoms with E-state index in [1.54, 1.807) is 6.20 Å². The lowest BCUT2D eigenvalue weighted by atomic mass is 9.74. The van der Waals surface area contributed by atoms with Gasteiger partial charge in [0.15, 0.2) is 0 Å². The maximum atomic E-state index is 12.5. The van der Waals surface area contributed by atoms with Gasteiger partial charge in [-0.1, -0.05) is 37.1 Å². The second kappa shape index (κ2) is 8.65. The third-order valence-corrected chi connectivity index (χ3v) is 4.74. The molecule has 0 spiro atoms. The van der Waals surface area contributed by atoms with Crippen LogP contribution in [-0.2, 0) is 11.3 Å². The SMILES string of the molecule is CC1(N)CCCCC1C(=O)NCc1cccc2cccnc12.Cl.Cl. The number of nitrogens with one attached hydrogen (secondary N) is 1. The summed E-state index contributed by atoms with van der Waals surface area (Å²) in [5.74, 6) is -0.0261. The number of rotatable bonds is 3. The van der Waals surface area contributed by atoms with Crippen molar-refractivity contribution in [3.63, 3.8) is 0 Å². The number of para-hydroxylation sites is 1. The summed E-state index contributed by atoms with van der Waals surface area (Å²) >= 11 is 0. The minimum absolute atomic E-state index is 0. The van der Waals surface area contributed by atoms with E-state index in [0.717, 1.165) is 42.1 Å². The van der Waals surface area contributed by atoms with E-state index in [9.17, 15) is 4.79 Å². The molecule has 6 heteroatoms. The molecular weight excluding hydrogens is 345 g/mol. The number of fused-ring (bicyclic) bond motifs is 1. The van der Waals surface area contributed by atoms with E-state index in [4.69, 9.17) is 5.73 Å². The molecule has 1 heterocycles. The smallest absolute Gasteiger partial charge is 0.225 e. The number of halogens is 2. The lowest BCUT2D eigenvalue weighted by Crippen LogP contribution is -2.52. The van der Waals surface area contributed by atoms with Gasteiger partial charge in [-0.15, -0.1) is 24.8 Å². The molecule has 2 atom stereocenters. The van der Waals surface area contributed by atoms with Crippen molar-refractivity contribution in [2.45, 2.75) is 44.7 Å². The van der Waals surface area contributed by atoms with Gasteiger partial charge in [-0.05, 0) is 31.4 Å². The maximum absolute atomic E-state index is 12.5. The van der Waals surface area contributed by atoms with Crippen molar-refractivity contribution in [3.8, 4) is 0 Å². The Morgan fingerprint density at radius 2 is 2.04 bits per heavy atom. The zero-order valence-corrected chi connectivity index (χ0v) is 15.5. The Kier molecular flexibility index (Phi) is 7.46. The largest absolute Gasteiger partial charge is 0.352 e. The third-order valence-electron chi connectivity index (χ3n) is 4.74. The van der Waals surface area contributed by atoms with Crippen LogP contribution in [0.15, 0.2) is 36.5 Å². The number of benzene rings is 1. The van der Waals surface area contributed by atoms with Crippen LogP contribution in [0.1, 0.15) is 38.2 Å². The second-order valence-electron chi connectivity index (χ2n) is 6.51. The highest BCUT2D eigenvalue weighted by molar-refractivity contribution is 5.86. The lowest BCUT2D eigenvalue weighted by molar-refractivity contribution is -0.128. The van der Waals surface area contributed by atoms with Crippen LogP contribution in [0.2, 0.25) is 0 Å². The number of aromatic nitrogens is 1. The fourth-order valence-electron chi connectivity index (χ4n) is 3.40. The van der Waals surface area contributed by atoms with Crippen molar-refractivity contribution in [1.29, 1.82) is 0 Å². The third kappa shape index (κ3) is 4.38. The summed E-state index contributed by atoms with van der Waals surface area (Å²) in [5.41, 5.74) is 7.91. The molecule has 3 rings (SSSR count). The van der Waals surface area contributed by atoms with E-state index in [-0.39, 0.29) is 42.2 Å². The maximum Gasteiger partial charge on any atom is 0.225 e. The summed E-state index contributed by atoms with van der Waals surface area (Å²) in [4.78, 5) is 16.9. The highest BCUT2D eigenvalue weighted by atomic mass is 35.5. The van der Waals surface area contributed by atoms with Gasteiger partial charge < -0.3 is 11.1 Å². The second-order valence-corrected chi connectivity index (χ2v) is 6.51. The van der Waals surface area contributed by atoms with Crippen LogP contribution in [0.5, 0.6) is 0 Å². The molecule has 1 aliphatic carbocycles. The molecule has 1 amide bonds. The van der Waals surface area contributed by atoms with Crippen LogP contribution in [0.4, 0.5) is 0 Å². The van der Waals surface area contributed by atoms with Crippen LogP contribution >= 0.6 is 24.8 Å². The molecule has 1 aromatic carbocycles. The first-order valence-electron chi connectivity index (χ1n) is 7.97. The Morgan fingerprint density at radius 3 is 2.79 bits per heavy atom. The molecule has 0 bridgehead atoms. The van der Waals surface area contributed by atoms with Gasteiger partial charge in [-0.2, -0.15) is 0 Å². The first kappa shape index (κ1) is 20.7.